The van der Waals surface area contributed by atoms with Gasteiger partial charge in [-0.1, -0.05) is 0 Å². The monoisotopic (exact) mass is 272 g/mol. The summed E-state index contributed by atoms with van der Waals surface area (Å²) in [6.45, 7) is -0.157. The van der Waals surface area contributed by atoms with Gasteiger partial charge in [-0.05, 0) is 6.92 Å². The smallest absolute Gasteiger partial charge is 0.193 e. The SMILES string of the molecule is CC(O)(C(O)CO[P+]([O-])([O-])O)C(O)CC(=O)[O-]. The molecule has 0 aliphatic rings. The van der Waals surface area contributed by atoms with Crippen molar-refractivity contribution in [1.29, 1.82) is 0 Å². The average molecular weight is 272 g/mol. The Kier molecular flexibility index (Phi) is 5.85. The molecule has 17 heavy (non-hydrogen) atoms. The van der Waals surface area contributed by atoms with Gasteiger partial charge < -0.3 is 35.0 Å². The van der Waals surface area contributed by atoms with Crippen molar-refractivity contribution in [2.75, 3.05) is 6.61 Å². The van der Waals surface area contributed by atoms with E-state index in [1.807, 2.05) is 0 Å². The highest BCUT2D eigenvalue weighted by Gasteiger charge is 2.39. The Balaban J connectivity index is 4.42. The molecule has 10 heteroatoms. The van der Waals surface area contributed by atoms with E-state index < -0.39 is 45.0 Å². The van der Waals surface area contributed by atoms with E-state index in [0.717, 1.165) is 6.92 Å². The number of carboxylic acids is 1. The Bertz CT molecular complexity index is 261. The molecule has 3 unspecified atom stereocenters. The Hall–Kier alpha value is -0.380. The van der Waals surface area contributed by atoms with Gasteiger partial charge in [-0.3, -0.25) is 0 Å². The maximum Gasteiger partial charge on any atom is 0.193 e. The van der Waals surface area contributed by atoms with Gasteiger partial charge in [-0.15, -0.1) is 0 Å². The number of phosphoric ester groups is 1. The molecule has 0 radical (unpaired) electrons. The van der Waals surface area contributed by atoms with Crippen LogP contribution in [0.3, 0.4) is 0 Å². The fourth-order valence-electron chi connectivity index (χ4n) is 0.920. The summed E-state index contributed by atoms with van der Waals surface area (Å²) in [5.74, 6) is -1.66. The normalized spacial score (nSPS) is 19.5. The molecule has 0 fully saturated rings. The molecule has 9 nitrogen and oxygen atoms in total. The van der Waals surface area contributed by atoms with Crippen LogP contribution in [0.5, 0.6) is 0 Å². The van der Waals surface area contributed by atoms with Gasteiger partial charge in [0.1, 0.15) is 18.3 Å². The molecule has 0 aliphatic carbocycles. The van der Waals surface area contributed by atoms with Crippen molar-refractivity contribution in [3.8, 4) is 0 Å². The first-order valence-corrected chi connectivity index (χ1v) is 5.93. The van der Waals surface area contributed by atoms with Crippen LogP contribution in [0.2, 0.25) is 0 Å². The van der Waals surface area contributed by atoms with Gasteiger partial charge in [-0.25, -0.2) is 9.42 Å². The number of hydrogen-bond acceptors (Lipinski definition) is 9. The van der Waals surface area contributed by atoms with Crippen molar-refractivity contribution in [2.45, 2.75) is 31.2 Å². The van der Waals surface area contributed by atoms with Crippen molar-refractivity contribution in [2.24, 2.45) is 0 Å². The Morgan fingerprint density at radius 1 is 1.41 bits per heavy atom. The first kappa shape index (κ1) is 16.6. The van der Waals surface area contributed by atoms with E-state index in [1.165, 1.54) is 0 Å². The molecule has 0 amide bonds. The summed E-state index contributed by atoms with van der Waals surface area (Å²) in [5, 5.41) is 38.3. The fraction of sp³-hybridized carbons (Fsp3) is 0.857. The third-order valence-electron chi connectivity index (χ3n) is 2.10. The lowest BCUT2D eigenvalue weighted by Crippen LogP contribution is -2.53. The molecule has 0 aromatic heterocycles. The molecule has 0 aromatic rings. The van der Waals surface area contributed by atoms with Crippen molar-refractivity contribution in [1.82, 2.24) is 0 Å². The molecule has 0 bridgehead atoms. The number of carbonyl (C=O) groups excluding carboxylic acids is 1. The second-order valence-electron chi connectivity index (χ2n) is 3.60. The van der Waals surface area contributed by atoms with Crippen molar-refractivity contribution < 1.29 is 44.4 Å². The zero-order chi connectivity index (χ0) is 13.9. The van der Waals surface area contributed by atoms with E-state index in [2.05, 4.69) is 4.52 Å². The van der Waals surface area contributed by atoms with Crippen LogP contribution in [-0.4, -0.2) is 50.6 Å². The van der Waals surface area contributed by atoms with Gasteiger partial charge in [0.15, 0.2) is 8.17 Å². The Labute approximate surface area is 97.2 Å². The minimum atomic E-state index is -5.08. The second kappa shape index (κ2) is 5.98. The molecule has 0 saturated heterocycles. The molecule has 102 valence electrons. The largest absolute Gasteiger partial charge is 0.635 e. The van der Waals surface area contributed by atoms with E-state index in [4.69, 9.17) is 4.89 Å². The summed E-state index contributed by atoms with van der Waals surface area (Å²) in [6, 6.07) is 0. The predicted molar refractivity (Wildman–Crippen MR) is 47.4 cm³/mol. The summed E-state index contributed by atoms with van der Waals surface area (Å²) in [4.78, 5) is 38.8. The van der Waals surface area contributed by atoms with E-state index in [1.54, 1.807) is 0 Å². The summed E-state index contributed by atoms with van der Waals surface area (Å²) >= 11 is 0. The third kappa shape index (κ3) is 6.20. The van der Waals surface area contributed by atoms with E-state index >= 15 is 0 Å². The second-order valence-corrected chi connectivity index (χ2v) is 4.79. The van der Waals surface area contributed by atoms with Crippen LogP contribution in [0.25, 0.3) is 0 Å². The summed E-state index contributed by atoms with van der Waals surface area (Å²) in [5.41, 5.74) is -2.34. The predicted octanol–water partition coefficient (Wildman–Crippen LogP) is -4.99. The minimum Gasteiger partial charge on any atom is -0.635 e. The number of rotatable bonds is 7. The molecule has 0 heterocycles. The van der Waals surface area contributed by atoms with Gasteiger partial charge in [0.25, 0.3) is 0 Å². The topological polar surface area (TPSA) is 176 Å². The maximum absolute atomic E-state index is 10.2. The zero-order valence-corrected chi connectivity index (χ0v) is 9.74. The van der Waals surface area contributed by atoms with Crippen LogP contribution >= 0.6 is 8.17 Å². The van der Waals surface area contributed by atoms with Crippen molar-refractivity contribution in [3.63, 3.8) is 0 Å². The van der Waals surface area contributed by atoms with Crippen molar-refractivity contribution in [3.05, 3.63) is 0 Å². The molecule has 0 rings (SSSR count). The van der Waals surface area contributed by atoms with Crippen LogP contribution in [0, 0.1) is 0 Å². The maximum atomic E-state index is 10.2. The zero-order valence-electron chi connectivity index (χ0n) is 8.85. The molecular formula is C7H13O9P-2. The van der Waals surface area contributed by atoms with Crippen LogP contribution in [0.4, 0.5) is 0 Å². The first-order valence-electron chi connectivity index (χ1n) is 4.43. The molecule has 0 aliphatic heterocycles. The number of carboxylic acid groups (broad SMARTS) is 1. The fourth-order valence-corrected chi connectivity index (χ4v) is 1.25. The molecule has 0 spiro atoms. The van der Waals surface area contributed by atoms with Crippen LogP contribution in [-0.2, 0) is 9.32 Å². The summed E-state index contributed by atoms with van der Waals surface area (Å²) in [7, 11) is -5.08. The van der Waals surface area contributed by atoms with Crippen LogP contribution < -0.4 is 14.9 Å². The Morgan fingerprint density at radius 2 is 1.88 bits per heavy atom. The lowest BCUT2D eigenvalue weighted by atomic mass is 9.91. The van der Waals surface area contributed by atoms with Gasteiger partial charge in [0, 0.05) is 12.4 Å². The Morgan fingerprint density at radius 3 is 2.24 bits per heavy atom. The van der Waals surface area contributed by atoms with E-state index in [-0.39, 0.29) is 0 Å². The van der Waals surface area contributed by atoms with E-state index in [0.29, 0.717) is 0 Å². The highest BCUT2D eigenvalue weighted by Crippen LogP contribution is 2.35. The van der Waals surface area contributed by atoms with Gasteiger partial charge in [0.05, 0.1) is 6.10 Å². The number of aliphatic hydroxyl groups excluding tert-OH is 2. The molecule has 0 aromatic carbocycles. The molecule has 3 atom stereocenters. The number of aliphatic hydroxyl groups is 3. The van der Waals surface area contributed by atoms with Crippen molar-refractivity contribution >= 4 is 14.1 Å². The quantitative estimate of drug-likeness (QED) is 0.330. The standard InChI is InChI=1S/C7H15O9P/c1-7(12,4(8)2-6(10)11)5(9)3-16-17(13,14)15/h4-5,8-9,12H,2-3H2,1H3,(H,10,11)(H2,13,14,15)/p-2. The average Bonchev–Trinajstić information content (AvgIpc) is 2.11. The lowest BCUT2D eigenvalue weighted by molar-refractivity contribution is -0.363. The first-order chi connectivity index (χ1) is 7.47. The molecule has 0 saturated carbocycles. The van der Waals surface area contributed by atoms with Crippen LogP contribution in [0.1, 0.15) is 13.3 Å². The summed E-state index contributed by atoms with van der Waals surface area (Å²) < 4.78 is 3.80. The van der Waals surface area contributed by atoms with E-state index in [9.17, 15) is 35.0 Å². The number of carbonyl (C=O) groups is 1. The molecular weight excluding hydrogens is 259 g/mol. The van der Waals surface area contributed by atoms with Gasteiger partial charge in [0.2, 0.25) is 0 Å². The molecule has 4 N–H and O–H groups in total. The van der Waals surface area contributed by atoms with Crippen LogP contribution in [0.15, 0.2) is 0 Å². The van der Waals surface area contributed by atoms with Gasteiger partial charge >= 0.3 is 0 Å². The number of phosphoric acid groups is 1. The number of hydrogen-bond donors (Lipinski definition) is 4. The highest BCUT2D eigenvalue weighted by atomic mass is 31.2. The lowest BCUT2D eigenvalue weighted by Gasteiger charge is -2.35. The summed E-state index contributed by atoms with van der Waals surface area (Å²) in [6.07, 6.45) is -4.78. The highest BCUT2D eigenvalue weighted by molar-refractivity contribution is 7.50. The minimum absolute atomic E-state index is 0.877. The third-order valence-corrected chi connectivity index (χ3v) is 2.58. The number of aliphatic carboxylic acids is 1. The van der Waals surface area contributed by atoms with Gasteiger partial charge in [-0.2, -0.15) is 0 Å².